The molecule has 1 amide bonds. The molecular formula is C26H26F4N2O4S. The van der Waals surface area contributed by atoms with Crippen molar-refractivity contribution >= 4 is 22.4 Å². The van der Waals surface area contributed by atoms with Gasteiger partial charge in [-0.3, -0.25) is 9.00 Å². The molecule has 37 heavy (non-hydrogen) atoms. The van der Waals surface area contributed by atoms with Crippen molar-refractivity contribution in [1.82, 2.24) is 4.90 Å². The van der Waals surface area contributed by atoms with Crippen LogP contribution in [-0.2, 0) is 49.4 Å². The molecule has 0 aromatic heterocycles. The Hall–Kier alpha value is -2.79. The highest BCUT2D eigenvalue weighted by Gasteiger charge is 2.62. The van der Waals surface area contributed by atoms with Gasteiger partial charge in [0.05, 0.1) is 25.4 Å². The second-order valence-electron chi connectivity index (χ2n) is 9.87. The number of alkyl halides is 3. The predicted molar refractivity (Wildman–Crippen MR) is 129 cm³/mol. The van der Waals surface area contributed by atoms with E-state index in [1.165, 1.54) is 25.3 Å². The molecule has 1 saturated heterocycles. The number of hydrogen-bond acceptors (Lipinski definition) is 5. The lowest BCUT2D eigenvalue weighted by Gasteiger charge is -2.47. The lowest BCUT2D eigenvalue weighted by molar-refractivity contribution is -0.275. The Morgan fingerprint density at radius 3 is 2.59 bits per heavy atom. The SMILES string of the molecule is CCc1cc(C2(C(F)(F)F)CC(c3ccc4c(c3)COC43CN(C(=O)CS(C)=O)C3)=NO2)cc(C)c1F. The van der Waals surface area contributed by atoms with Crippen LogP contribution in [0.1, 0.15) is 46.7 Å². The maximum atomic E-state index is 14.5. The standard InChI is InChI=1S/C26H26F4N2O4S/c1-4-16-9-19(7-15(2)23(16)27)25(26(28,29)30)10-21(31-36-25)17-5-6-20-18(8-17)11-35-24(20)13-32(14-24)22(33)12-37(3)34/h5-9H,4,10-14H2,1-3H3. The van der Waals surface area contributed by atoms with Crippen molar-refractivity contribution in [2.24, 2.45) is 5.16 Å². The van der Waals surface area contributed by atoms with Gasteiger partial charge in [-0.1, -0.05) is 24.2 Å². The Morgan fingerprint density at radius 2 is 1.95 bits per heavy atom. The van der Waals surface area contributed by atoms with E-state index in [0.717, 1.165) is 11.1 Å². The summed E-state index contributed by atoms with van der Waals surface area (Å²) in [5, 5.41) is 3.85. The first kappa shape index (κ1) is 25.8. The number of aryl methyl sites for hydroxylation is 2. The van der Waals surface area contributed by atoms with Crippen LogP contribution in [0.2, 0.25) is 0 Å². The van der Waals surface area contributed by atoms with E-state index in [0.29, 0.717) is 18.7 Å². The van der Waals surface area contributed by atoms with Gasteiger partial charge in [0.15, 0.2) is 0 Å². The molecule has 5 rings (SSSR count). The van der Waals surface area contributed by atoms with Gasteiger partial charge < -0.3 is 14.5 Å². The van der Waals surface area contributed by atoms with E-state index in [2.05, 4.69) is 5.16 Å². The minimum atomic E-state index is -4.79. The molecule has 0 saturated carbocycles. The maximum Gasteiger partial charge on any atom is 0.435 e. The summed E-state index contributed by atoms with van der Waals surface area (Å²) in [4.78, 5) is 18.9. The first-order chi connectivity index (χ1) is 17.4. The van der Waals surface area contributed by atoms with Crippen LogP contribution in [0.4, 0.5) is 17.6 Å². The van der Waals surface area contributed by atoms with Gasteiger partial charge in [-0.2, -0.15) is 13.2 Å². The van der Waals surface area contributed by atoms with Gasteiger partial charge >= 0.3 is 6.18 Å². The molecule has 198 valence electrons. The highest BCUT2D eigenvalue weighted by Crippen LogP contribution is 2.50. The fourth-order valence-electron chi connectivity index (χ4n) is 5.30. The Kier molecular flexibility index (Phi) is 6.22. The third-order valence-electron chi connectivity index (χ3n) is 7.37. The first-order valence-electron chi connectivity index (χ1n) is 11.9. The van der Waals surface area contributed by atoms with Crippen molar-refractivity contribution in [2.45, 2.75) is 50.7 Å². The lowest BCUT2D eigenvalue weighted by atomic mass is 9.82. The fourth-order valence-corrected chi connectivity index (χ4v) is 5.83. The molecule has 2 aromatic carbocycles. The van der Waals surface area contributed by atoms with E-state index in [1.54, 1.807) is 30.0 Å². The molecule has 2 aromatic rings. The number of amides is 1. The Morgan fingerprint density at radius 1 is 1.22 bits per heavy atom. The van der Waals surface area contributed by atoms with Crippen LogP contribution in [0.15, 0.2) is 35.5 Å². The van der Waals surface area contributed by atoms with E-state index >= 15 is 0 Å². The number of ether oxygens (including phenoxy) is 1. The van der Waals surface area contributed by atoms with Gasteiger partial charge in [-0.25, -0.2) is 4.39 Å². The Labute approximate surface area is 214 Å². The lowest BCUT2D eigenvalue weighted by Crippen LogP contribution is -2.61. The molecule has 0 N–H and O–H groups in total. The summed E-state index contributed by atoms with van der Waals surface area (Å²) in [6, 6.07) is 7.62. The van der Waals surface area contributed by atoms with Gasteiger partial charge in [0.1, 0.15) is 17.2 Å². The molecular weight excluding hydrogens is 512 g/mol. The normalized spacial score (nSPS) is 22.9. The van der Waals surface area contributed by atoms with Crippen LogP contribution < -0.4 is 0 Å². The Bertz CT molecular complexity index is 1340. The number of fused-ring (bicyclic) bond motifs is 2. The van der Waals surface area contributed by atoms with E-state index in [-0.39, 0.29) is 47.1 Å². The summed E-state index contributed by atoms with van der Waals surface area (Å²) < 4.78 is 75.1. The predicted octanol–water partition coefficient (Wildman–Crippen LogP) is 4.22. The van der Waals surface area contributed by atoms with Crippen LogP contribution in [-0.4, -0.2) is 52.0 Å². The van der Waals surface area contributed by atoms with Gasteiger partial charge in [-0.05, 0) is 59.4 Å². The number of nitrogens with zero attached hydrogens (tertiary/aromatic N) is 2. The van der Waals surface area contributed by atoms with Crippen molar-refractivity contribution < 1.29 is 36.1 Å². The van der Waals surface area contributed by atoms with Gasteiger partial charge in [-0.15, -0.1) is 0 Å². The summed E-state index contributed by atoms with van der Waals surface area (Å²) >= 11 is 0. The average molecular weight is 539 g/mol. The van der Waals surface area contributed by atoms with E-state index in [9.17, 15) is 26.6 Å². The number of benzene rings is 2. The zero-order valence-corrected chi connectivity index (χ0v) is 21.4. The largest absolute Gasteiger partial charge is 0.435 e. The third-order valence-corrected chi connectivity index (χ3v) is 8.02. The number of likely N-dealkylation sites (tertiary alicyclic amines) is 1. The van der Waals surface area contributed by atoms with Gasteiger partial charge in [0, 0.05) is 29.0 Å². The average Bonchev–Trinajstić information content (AvgIpc) is 3.42. The summed E-state index contributed by atoms with van der Waals surface area (Å²) in [5.41, 5.74) is -0.943. The molecule has 6 nitrogen and oxygen atoms in total. The monoisotopic (exact) mass is 538 g/mol. The minimum absolute atomic E-state index is 0.0457. The molecule has 0 aliphatic carbocycles. The highest BCUT2D eigenvalue weighted by molar-refractivity contribution is 7.85. The highest BCUT2D eigenvalue weighted by atomic mass is 32.2. The minimum Gasteiger partial charge on any atom is -0.374 e. The van der Waals surface area contributed by atoms with Crippen molar-refractivity contribution in [2.75, 3.05) is 25.1 Å². The molecule has 0 radical (unpaired) electrons. The fraction of sp³-hybridized carbons (Fsp3) is 0.462. The first-order valence-corrected chi connectivity index (χ1v) is 13.6. The number of rotatable bonds is 5. The zero-order valence-electron chi connectivity index (χ0n) is 20.6. The molecule has 0 bridgehead atoms. The van der Waals surface area contributed by atoms with Crippen molar-refractivity contribution in [3.8, 4) is 0 Å². The molecule has 3 aliphatic rings. The van der Waals surface area contributed by atoms with Crippen molar-refractivity contribution in [3.63, 3.8) is 0 Å². The summed E-state index contributed by atoms with van der Waals surface area (Å²) in [7, 11) is -1.23. The van der Waals surface area contributed by atoms with Crippen LogP contribution in [0.25, 0.3) is 0 Å². The summed E-state index contributed by atoms with van der Waals surface area (Å²) in [6.07, 6.45) is -3.62. The van der Waals surface area contributed by atoms with Crippen LogP contribution >= 0.6 is 0 Å². The van der Waals surface area contributed by atoms with E-state index in [4.69, 9.17) is 9.57 Å². The van der Waals surface area contributed by atoms with Crippen molar-refractivity contribution in [3.05, 3.63) is 69.5 Å². The zero-order chi connectivity index (χ0) is 26.8. The van der Waals surface area contributed by atoms with Gasteiger partial charge in [0.2, 0.25) is 5.91 Å². The number of halogens is 4. The van der Waals surface area contributed by atoms with Crippen LogP contribution in [0.5, 0.6) is 0 Å². The number of oxime groups is 1. The quantitative estimate of drug-likeness (QED) is 0.535. The Balaban J connectivity index is 1.40. The maximum absolute atomic E-state index is 14.5. The topological polar surface area (TPSA) is 68.2 Å². The molecule has 3 aliphatic heterocycles. The van der Waals surface area contributed by atoms with E-state index in [1.807, 2.05) is 0 Å². The number of carbonyl (C=O) groups is 1. The second-order valence-corrected chi connectivity index (χ2v) is 11.3. The molecule has 3 heterocycles. The molecule has 11 heteroatoms. The summed E-state index contributed by atoms with van der Waals surface area (Å²) in [6.45, 7) is 4.04. The molecule has 1 fully saturated rings. The number of hydrogen-bond donors (Lipinski definition) is 0. The van der Waals surface area contributed by atoms with Crippen LogP contribution in [0, 0.1) is 12.7 Å². The van der Waals surface area contributed by atoms with E-state index < -0.39 is 40.4 Å². The molecule has 2 atom stereocenters. The molecule has 2 unspecified atom stereocenters. The third kappa shape index (κ3) is 4.16. The van der Waals surface area contributed by atoms with Crippen molar-refractivity contribution in [1.29, 1.82) is 0 Å². The summed E-state index contributed by atoms with van der Waals surface area (Å²) in [5.74, 6) is -0.770. The van der Waals surface area contributed by atoms with Crippen LogP contribution in [0.3, 0.4) is 0 Å². The number of carbonyl (C=O) groups excluding carboxylic acids is 1. The molecule has 1 spiro atoms. The van der Waals surface area contributed by atoms with Gasteiger partial charge in [0.25, 0.3) is 5.60 Å². The second kappa shape index (κ2) is 8.90. The smallest absolute Gasteiger partial charge is 0.374 e.